The number of hydrogen-bond acceptors (Lipinski definition) is 3. The molecule has 1 aromatic carbocycles. The van der Waals surface area contributed by atoms with E-state index < -0.39 is 6.04 Å². The average molecular weight is 341 g/mol. The minimum atomic E-state index is -0.593. The molecule has 2 aromatic rings. The van der Waals surface area contributed by atoms with Gasteiger partial charge in [-0.15, -0.1) is 0 Å². The average Bonchev–Trinajstić information content (AvgIpc) is 3.03. The summed E-state index contributed by atoms with van der Waals surface area (Å²) in [5, 5.41) is 4.10. The highest BCUT2D eigenvalue weighted by Gasteiger charge is 2.31. The molecule has 132 valence electrons. The first-order valence-electron chi connectivity index (χ1n) is 8.45. The standard InChI is InChI=1S/C19H23N3O3/c1-3-18(23)22-8-9-25-12-17(22)19(24)20-7-6-14-11-21-16-5-4-13(2)10-15(14)16/h3-5,10-11,17,21H,1,6-9,12H2,2H3,(H,20,24). The van der Waals surface area contributed by atoms with Crippen LogP contribution < -0.4 is 5.32 Å². The van der Waals surface area contributed by atoms with E-state index in [1.165, 1.54) is 21.9 Å². The van der Waals surface area contributed by atoms with E-state index in [1.54, 1.807) is 0 Å². The lowest BCUT2D eigenvalue weighted by Gasteiger charge is -2.33. The first-order valence-corrected chi connectivity index (χ1v) is 8.45. The predicted molar refractivity (Wildman–Crippen MR) is 96.3 cm³/mol. The molecular weight excluding hydrogens is 318 g/mol. The van der Waals surface area contributed by atoms with Crippen molar-refractivity contribution in [1.82, 2.24) is 15.2 Å². The van der Waals surface area contributed by atoms with E-state index >= 15 is 0 Å². The molecule has 0 bridgehead atoms. The van der Waals surface area contributed by atoms with Crippen molar-refractivity contribution in [3.8, 4) is 0 Å². The molecule has 1 aliphatic heterocycles. The van der Waals surface area contributed by atoms with Gasteiger partial charge in [0.25, 0.3) is 0 Å². The van der Waals surface area contributed by atoms with E-state index in [0.717, 1.165) is 17.5 Å². The van der Waals surface area contributed by atoms with E-state index in [9.17, 15) is 9.59 Å². The normalized spacial score (nSPS) is 17.5. The van der Waals surface area contributed by atoms with Gasteiger partial charge in [-0.3, -0.25) is 9.59 Å². The molecule has 1 fully saturated rings. The highest BCUT2D eigenvalue weighted by Crippen LogP contribution is 2.20. The third-order valence-corrected chi connectivity index (χ3v) is 4.51. The van der Waals surface area contributed by atoms with Crippen LogP contribution in [-0.4, -0.2) is 54.0 Å². The van der Waals surface area contributed by atoms with Crippen molar-refractivity contribution in [1.29, 1.82) is 0 Å². The summed E-state index contributed by atoms with van der Waals surface area (Å²) in [6.07, 6.45) is 3.94. The number of aryl methyl sites for hydroxylation is 1. The Kier molecular flexibility index (Phi) is 5.19. The Bertz CT molecular complexity index is 796. The van der Waals surface area contributed by atoms with Crippen LogP contribution >= 0.6 is 0 Å². The molecule has 2 amide bonds. The van der Waals surface area contributed by atoms with Crippen molar-refractivity contribution in [3.05, 3.63) is 48.2 Å². The SMILES string of the molecule is C=CC(=O)N1CCOCC1C(=O)NCCc1c[nH]c2ccc(C)cc12. The molecule has 1 aromatic heterocycles. The molecule has 0 spiro atoms. The topological polar surface area (TPSA) is 74.4 Å². The van der Waals surface area contributed by atoms with Gasteiger partial charge in [-0.1, -0.05) is 18.2 Å². The van der Waals surface area contributed by atoms with Gasteiger partial charge in [-0.2, -0.15) is 0 Å². The van der Waals surface area contributed by atoms with Crippen molar-refractivity contribution in [2.45, 2.75) is 19.4 Å². The number of aromatic nitrogens is 1. The first kappa shape index (κ1) is 17.2. The summed E-state index contributed by atoms with van der Waals surface area (Å²) < 4.78 is 5.36. The van der Waals surface area contributed by atoms with Gasteiger partial charge in [-0.05, 0) is 37.1 Å². The van der Waals surface area contributed by atoms with Gasteiger partial charge in [0.05, 0.1) is 13.2 Å². The lowest BCUT2D eigenvalue weighted by Crippen LogP contribution is -2.55. The maximum Gasteiger partial charge on any atom is 0.246 e. The number of morpholine rings is 1. The van der Waals surface area contributed by atoms with E-state index in [2.05, 4.69) is 42.0 Å². The maximum absolute atomic E-state index is 12.4. The molecule has 1 atom stereocenters. The lowest BCUT2D eigenvalue weighted by atomic mass is 10.1. The molecule has 1 aliphatic rings. The number of ether oxygens (including phenoxy) is 1. The third kappa shape index (κ3) is 3.74. The predicted octanol–water partition coefficient (Wildman–Crippen LogP) is 1.55. The van der Waals surface area contributed by atoms with Gasteiger partial charge in [0.2, 0.25) is 11.8 Å². The Labute approximate surface area is 146 Å². The van der Waals surface area contributed by atoms with E-state index in [4.69, 9.17) is 4.74 Å². The largest absolute Gasteiger partial charge is 0.377 e. The fraction of sp³-hybridized carbons (Fsp3) is 0.368. The van der Waals surface area contributed by atoms with Crippen LogP contribution in [0.2, 0.25) is 0 Å². The molecule has 0 aliphatic carbocycles. The molecule has 3 rings (SSSR count). The minimum absolute atomic E-state index is 0.189. The number of benzene rings is 1. The van der Waals surface area contributed by atoms with Gasteiger partial charge in [-0.25, -0.2) is 0 Å². The van der Waals surface area contributed by atoms with Crippen LogP contribution in [0.4, 0.5) is 0 Å². The summed E-state index contributed by atoms with van der Waals surface area (Å²) in [5.41, 5.74) is 3.46. The molecule has 2 heterocycles. The van der Waals surface area contributed by atoms with Crippen molar-refractivity contribution in [2.24, 2.45) is 0 Å². The Morgan fingerprint density at radius 2 is 2.32 bits per heavy atom. The second-order valence-corrected chi connectivity index (χ2v) is 6.23. The molecule has 6 nitrogen and oxygen atoms in total. The summed E-state index contributed by atoms with van der Waals surface area (Å²) in [4.78, 5) is 29.1. The molecule has 0 saturated carbocycles. The highest BCUT2D eigenvalue weighted by molar-refractivity contribution is 5.93. The van der Waals surface area contributed by atoms with Gasteiger partial charge in [0.15, 0.2) is 0 Å². The van der Waals surface area contributed by atoms with Crippen LogP contribution in [0.25, 0.3) is 10.9 Å². The fourth-order valence-electron chi connectivity index (χ4n) is 3.14. The van der Waals surface area contributed by atoms with Gasteiger partial charge in [0, 0.05) is 30.2 Å². The zero-order valence-electron chi connectivity index (χ0n) is 14.4. The fourth-order valence-corrected chi connectivity index (χ4v) is 3.14. The monoisotopic (exact) mass is 341 g/mol. The van der Waals surface area contributed by atoms with Crippen LogP contribution in [0, 0.1) is 6.92 Å². The second-order valence-electron chi connectivity index (χ2n) is 6.23. The molecule has 0 radical (unpaired) electrons. The summed E-state index contributed by atoms with van der Waals surface area (Å²) in [7, 11) is 0. The van der Waals surface area contributed by atoms with Gasteiger partial charge in [0.1, 0.15) is 6.04 Å². The quantitative estimate of drug-likeness (QED) is 0.811. The van der Waals surface area contributed by atoms with E-state index in [1.807, 2.05) is 6.20 Å². The third-order valence-electron chi connectivity index (χ3n) is 4.51. The minimum Gasteiger partial charge on any atom is -0.377 e. The second kappa shape index (κ2) is 7.53. The number of hydrogen-bond donors (Lipinski definition) is 2. The molecule has 1 saturated heterocycles. The maximum atomic E-state index is 12.4. The van der Waals surface area contributed by atoms with Crippen molar-refractivity contribution in [3.63, 3.8) is 0 Å². The number of fused-ring (bicyclic) bond motifs is 1. The summed E-state index contributed by atoms with van der Waals surface area (Å²) >= 11 is 0. The van der Waals surface area contributed by atoms with E-state index in [-0.39, 0.29) is 18.4 Å². The highest BCUT2D eigenvalue weighted by atomic mass is 16.5. The number of carbonyl (C=O) groups excluding carboxylic acids is 2. The molecule has 6 heteroatoms. The summed E-state index contributed by atoms with van der Waals surface area (Å²) in [6.45, 7) is 7.13. The van der Waals surface area contributed by atoms with Crippen LogP contribution in [-0.2, 0) is 20.7 Å². The molecular formula is C19H23N3O3. The van der Waals surface area contributed by atoms with Crippen LogP contribution in [0.1, 0.15) is 11.1 Å². The first-order chi connectivity index (χ1) is 12.1. The Balaban J connectivity index is 1.60. The smallest absolute Gasteiger partial charge is 0.246 e. The van der Waals surface area contributed by atoms with Crippen molar-refractivity contribution >= 4 is 22.7 Å². The van der Waals surface area contributed by atoms with Crippen LogP contribution in [0.3, 0.4) is 0 Å². The molecule has 1 unspecified atom stereocenters. The molecule has 2 N–H and O–H groups in total. The van der Waals surface area contributed by atoms with Crippen LogP contribution in [0.5, 0.6) is 0 Å². The van der Waals surface area contributed by atoms with Gasteiger partial charge >= 0.3 is 0 Å². The van der Waals surface area contributed by atoms with Gasteiger partial charge < -0.3 is 19.9 Å². The lowest BCUT2D eigenvalue weighted by molar-refractivity contribution is -0.145. The Morgan fingerprint density at radius 1 is 1.48 bits per heavy atom. The summed E-state index contributed by atoms with van der Waals surface area (Å²) in [5.74, 6) is -0.429. The number of H-pyrrole nitrogens is 1. The molecule has 25 heavy (non-hydrogen) atoms. The number of carbonyl (C=O) groups is 2. The number of aromatic amines is 1. The van der Waals surface area contributed by atoms with Crippen molar-refractivity contribution in [2.75, 3.05) is 26.3 Å². The number of nitrogens with zero attached hydrogens (tertiary/aromatic N) is 1. The van der Waals surface area contributed by atoms with E-state index in [0.29, 0.717) is 19.7 Å². The van der Waals surface area contributed by atoms with Crippen LogP contribution in [0.15, 0.2) is 37.1 Å². The van der Waals surface area contributed by atoms with Crippen molar-refractivity contribution < 1.29 is 14.3 Å². The zero-order valence-corrected chi connectivity index (χ0v) is 14.4. The number of rotatable bonds is 5. The zero-order chi connectivity index (χ0) is 17.8. The number of amides is 2. The Morgan fingerprint density at radius 3 is 3.12 bits per heavy atom. The summed E-state index contributed by atoms with van der Waals surface area (Å²) in [6, 6.07) is 5.68. The Hall–Kier alpha value is -2.60. The number of nitrogens with one attached hydrogen (secondary N) is 2.